The molecule has 7 heteroatoms. The summed E-state index contributed by atoms with van der Waals surface area (Å²) in [5, 5.41) is 19.8. The van der Waals surface area contributed by atoms with Crippen LogP contribution in [0.5, 0.6) is 0 Å². The first-order valence-corrected chi connectivity index (χ1v) is 15.7. The Hall–Kier alpha value is -2.18. The molecule has 0 aliphatic heterocycles. The van der Waals surface area contributed by atoms with Crippen molar-refractivity contribution in [1.82, 2.24) is 0 Å². The molecule has 0 spiro atoms. The van der Waals surface area contributed by atoms with Crippen LogP contribution in [0, 0.1) is 51.2 Å². The molecule has 0 aromatic rings. The number of aliphatic carboxylic acids is 2. The molecule has 230 valence electrons. The highest BCUT2D eigenvalue weighted by atomic mass is 16.6. The zero-order chi connectivity index (χ0) is 30.9. The number of Topliss-reactive ketones (excluding diaryl/α,β-unsaturated/α-hetero) is 1. The number of carbonyl (C=O) groups is 4. The molecule has 7 nitrogen and oxygen atoms in total. The van der Waals surface area contributed by atoms with E-state index < -0.39 is 40.8 Å². The van der Waals surface area contributed by atoms with Gasteiger partial charge in [0.05, 0.1) is 5.92 Å². The Morgan fingerprint density at radius 2 is 1.49 bits per heavy atom. The SMILES string of the molecule is CC(=O)OC1(C(=O)O)CCC2(C)C3=C(CCC2C1(C)C)C1(C)CCC(C(C)CC(=O)C(C)C(C)C(=O)O)C1(C)CC3. The van der Waals surface area contributed by atoms with E-state index in [0.717, 1.165) is 38.5 Å². The van der Waals surface area contributed by atoms with Gasteiger partial charge in [0.1, 0.15) is 5.78 Å². The minimum Gasteiger partial charge on any atom is -0.481 e. The van der Waals surface area contributed by atoms with Gasteiger partial charge in [-0.05, 0) is 85.4 Å². The van der Waals surface area contributed by atoms with Crippen molar-refractivity contribution in [3.05, 3.63) is 11.1 Å². The van der Waals surface area contributed by atoms with Crippen molar-refractivity contribution in [2.45, 2.75) is 126 Å². The molecule has 4 rings (SSSR count). The second-order valence-electron chi connectivity index (χ2n) is 15.4. The standard InChI is InChI=1S/C34H52O7/c1-19(18-26(36)20(2)21(3)28(37)38)23-12-14-33(9)25-10-11-27-30(5,6)34(29(39)40,41-22(4)35)17-16-31(27,7)24(25)13-15-32(23,33)8/h19-21,23,27H,10-18H2,1-9H3,(H,37,38)(H,39,40). The Kier molecular flexibility index (Phi) is 7.92. The second-order valence-corrected chi connectivity index (χ2v) is 15.4. The Balaban J connectivity index is 1.64. The van der Waals surface area contributed by atoms with E-state index in [0.29, 0.717) is 25.2 Å². The van der Waals surface area contributed by atoms with Crippen LogP contribution in [0.2, 0.25) is 0 Å². The van der Waals surface area contributed by atoms with Gasteiger partial charge in [0.15, 0.2) is 0 Å². The van der Waals surface area contributed by atoms with Gasteiger partial charge in [-0.25, -0.2) is 4.79 Å². The largest absolute Gasteiger partial charge is 0.481 e. The molecule has 0 aromatic heterocycles. The molecule has 0 bridgehead atoms. The van der Waals surface area contributed by atoms with Crippen molar-refractivity contribution in [1.29, 1.82) is 0 Å². The van der Waals surface area contributed by atoms with E-state index in [9.17, 15) is 29.4 Å². The number of carbonyl (C=O) groups excluding carboxylic acids is 2. The summed E-state index contributed by atoms with van der Waals surface area (Å²) >= 11 is 0. The molecule has 4 aliphatic carbocycles. The predicted octanol–water partition coefficient (Wildman–Crippen LogP) is 7.07. The van der Waals surface area contributed by atoms with Crippen LogP contribution in [-0.2, 0) is 23.9 Å². The molecule has 4 aliphatic rings. The highest BCUT2D eigenvalue weighted by Crippen LogP contribution is 2.73. The number of fused-ring (bicyclic) bond motifs is 4. The molecule has 0 heterocycles. The summed E-state index contributed by atoms with van der Waals surface area (Å²) in [4.78, 5) is 49.4. The summed E-state index contributed by atoms with van der Waals surface area (Å²) in [5.41, 5.74) is 0.726. The zero-order valence-corrected chi connectivity index (χ0v) is 26.7. The van der Waals surface area contributed by atoms with E-state index >= 15 is 0 Å². The molecular formula is C34H52O7. The Labute approximate surface area is 245 Å². The number of allylic oxidation sites excluding steroid dienone is 2. The third kappa shape index (κ3) is 4.42. The van der Waals surface area contributed by atoms with Crippen LogP contribution in [0.25, 0.3) is 0 Å². The molecule has 0 amide bonds. The van der Waals surface area contributed by atoms with Crippen LogP contribution in [0.15, 0.2) is 11.1 Å². The lowest BCUT2D eigenvalue weighted by atomic mass is 9.41. The van der Waals surface area contributed by atoms with Crippen LogP contribution in [0.4, 0.5) is 0 Å². The number of carboxylic acid groups (broad SMARTS) is 2. The third-order valence-corrected chi connectivity index (χ3v) is 13.5. The van der Waals surface area contributed by atoms with Gasteiger partial charge >= 0.3 is 17.9 Å². The van der Waals surface area contributed by atoms with Crippen molar-refractivity contribution in [3.63, 3.8) is 0 Å². The fourth-order valence-corrected chi connectivity index (χ4v) is 10.6. The average Bonchev–Trinajstić information content (AvgIpc) is 3.15. The maximum Gasteiger partial charge on any atom is 0.348 e. The number of rotatable bonds is 8. The van der Waals surface area contributed by atoms with E-state index in [4.69, 9.17) is 4.74 Å². The molecule has 9 atom stereocenters. The van der Waals surface area contributed by atoms with E-state index in [2.05, 4.69) is 27.7 Å². The van der Waals surface area contributed by atoms with Crippen molar-refractivity contribution >= 4 is 23.7 Å². The smallest absolute Gasteiger partial charge is 0.348 e. The van der Waals surface area contributed by atoms with Crippen LogP contribution >= 0.6 is 0 Å². The number of hydrogen-bond acceptors (Lipinski definition) is 5. The molecule has 0 saturated heterocycles. The lowest BCUT2D eigenvalue weighted by Gasteiger charge is -2.64. The topological polar surface area (TPSA) is 118 Å². The first-order chi connectivity index (χ1) is 18.8. The van der Waals surface area contributed by atoms with E-state index in [1.165, 1.54) is 12.5 Å². The first kappa shape index (κ1) is 31.7. The summed E-state index contributed by atoms with van der Waals surface area (Å²) in [6, 6.07) is 0. The zero-order valence-electron chi connectivity index (χ0n) is 26.7. The van der Waals surface area contributed by atoms with Gasteiger partial charge in [-0.2, -0.15) is 0 Å². The normalized spacial score (nSPS) is 39.9. The van der Waals surface area contributed by atoms with Crippen LogP contribution in [0.3, 0.4) is 0 Å². The number of esters is 1. The Morgan fingerprint density at radius 3 is 2.05 bits per heavy atom. The number of carboxylic acids is 2. The van der Waals surface area contributed by atoms with Crippen molar-refractivity contribution in [3.8, 4) is 0 Å². The maximum atomic E-state index is 13.1. The van der Waals surface area contributed by atoms with Crippen LogP contribution < -0.4 is 0 Å². The maximum absolute atomic E-state index is 13.1. The van der Waals surface area contributed by atoms with E-state index in [1.54, 1.807) is 19.4 Å². The van der Waals surface area contributed by atoms with Crippen molar-refractivity contribution in [2.75, 3.05) is 0 Å². The van der Waals surface area contributed by atoms with Crippen molar-refractivity contribution < 1.29 is 34.1 Å². The monoisotopic (exact) mass is 572 g/mol. The summed E-state index contributed by atoms with van der Waals surface area (Å²) in [7, 11) is 0. The van der Waals surface area contributed by atoms with E-state index in [-0.39, 0.29) is 33.9 Å². The van der Waals surface area contributed by atoms with Gasteiger partial charge < -0.3 is 14.9 Å². The average molecular weight is 573 g/mol. The molecule has 2 N–H and O–H groups in total. The van der Waals surface area contributed by atoms with Crippen LogP contribution in [0.1, 0.15) is 120 Å². The number of hydrogen-bond donors (Lipinski definition) is 2. The lowest BCUT2D eigenvalue weighted by molar-refractivity contribution is -0.218. The quantitative estimate of drug-likeness (QED) is 0.236. The number of ether oxygens (including phenoxy) is 1. The molecule has 41 heavy (non-hydrogen) atoms. The van der Waals surface area contributed by atoms with Gasteiger partial charge in [0, 0.05) is 24.7 Å². The van der Waals surface area contributed by atoms with E-state index in [1.807, 2.05) is 13.8 Å². The Bertz CT molecular complexity index is 1170. The first-order valence-electron chi connectivity index (χ1n) is 15.7. The third-order valence-electron chi connectivity index (χ3n) is 13.5. The van der Waals surface area contributed by atoms with Gasteiger partial charge in [0.2, 0.25) is 5.60 Å². The molecule has 0 aromatic carbocycles. The fourth-order valence-electron chi connectivity index (χ4n) is 10.6. The molecule has 9 unspecified atom stereocenters. The molecular weight excluding hydrogens is 520 g/mol. The molecule has 0 radical (unpaired) electrons. The number of ketones is 1. The van der Waals surface area contributed by atoms with Crippen LogP contribution in [-0.4, -0.2) is 39.5 Å². The van der Waals surface area contributed by atoms with Crippen molar-refractivity contribution in [2.24, 2.45) is 51.2 Å². The highest BCUT2D eigenvalue weighted by molar-refractivity contribution is 5.86. The summed E-state index contributed by atoms with van der Waals surface area (Å²) in [6.45, 7) is 18.0. The van der Waals surface area contributed by atoms with Gasteiger partial charge in [0.25, 0.3) is 0 Å². The van der Waals surface area contributed by atoms with Gasteiger partial charge in [-0.3, -0.25) is 14.4 Å². The minimum atomic E-state index is -1.52. The van der Waals surface area contributed by atoms with Gasteiger partial charge in [-0.15, -0.1) is 0 Å². The fraction of sp³-hybridized carbons (Fsp3) is 0.824. The summed E-state index contributed by atoms with van der Waals surface area (Å²) in [5.74, 6) is -2.99. The molecule has 2 fully saturated rings. The summed E-state index contributed by atoms with van der Waals surface area (Å²) in [6.07, 6.45) is 7.33. The highest BCUT2D eigenvalue weighted by Gasteiger charge is 2.68. The predicted molar refractivity (Wildman–Crippen MR) is 156 cm³/mol. The lowest BCUT2D eigenvalue weighted by Crippen LogP contribution is -2.65. The Morgan fingerprint density at radius 1 is 0.854 bits per heavy atom. The second kappa shape index (κ2) is 10.2. The van der Waals surface area contributed by atoms with Gasteiger partial charge in [-0.1, -0.05) is 66.5 Å². The summed E-state index contributed by atoms with van der Waals surface area (Å²) < 4.78 is 5.69. The molecule has 2 saturated carbocycles. The minimum absolute atomic E-state index is 0.0118.